The monoisotopic (exact) mass is 265 g/mol. The standard InChI is InChI=1S/C13H19N3O3/c1-13(2,3)16-10(18)6-8-15-12(19)11-9(17)5-4-7-14-11/h4-5,7,17H,6,8H2,1-3H3,(H,15,19)(H,16,18). The minimum absolute atomic E-state index is 0.0428. The number of hydrogen-bond acceptors (Lipinski definition) is 4. The summed E-state index contributed by atoms with van der Waals surface area (Å²) in [6, 6.07) is 2.91. The SMILES string of the molecule is CC(C)(C)NC(=O)CCNC(=O)c1ncccc1O. The van der Waals surface area contributed by atoms with Crippen LogP contribution in [-0.4, -0.2) is 34.0 Å². The van der Waals surface area contributed by atoms with E-state index in [1.54, 1.807) is 0 Å². The second kappa shape index (κ2) is 6.17. The first-order valence-corrected chi connectivity index (χ1v) is 6.03. The van der Waals surface area contributed by atoms with Gasteiger partial charge in [0, 0.05) is 24.7 Å². The zero-order valence-electron chi connectivity index (χ0n) is 11.4. The van der Waals surface area contributed by atoms with E-state index >= 15 is 0 Å². The van der Waals surface area contributed by atoms with Crippen LogP contribution in [0.4, 0.5) is 0 Å². The van der Waals surface area contributed by atoms with Crippen LogP contribution in [0.15, 0.2) is 18.3 Å². The van der Waals surface area contributed by atoms with Crippen LogP contribution in [0.2, 0.25) is 0 Å². The number of hydrogen-bond donors (Lipinski definition) is 3. The number of nitrogens with one attached hydrogen (secondary N) is 2. The molecule has 0 atom stereocenters. The fourth-order valence-electron chi connectivity index (χ4n) is 1.43. The summed E-state index contributed by atoms with van der Waals surface area (Å²) in [7, 11) is 0. The van der Waals surface area contributed by atoms with Crippen molar-refractivity contribution >= 4 is 11.8 Å². The van der Waals surface area contributed by atoms with Gasteiger partial charge in [-0.3, -0.25) is 9.59 Å². The van der Waals surface area contributed by atoms with Crippen molar-refractivity contribution in [2.24, 2.45) is 0 Å². The maximum absolute atomic E-state index is 11.7. The van der Waals surface area contributed by atoms with Gasteiger partial charge in [-0.15, -0.1) is 0 Å². The number of amides is 2. The highest BCUT2D eigenvalue weighted by molar-refractivity contribution is 5.94. The number of pyridine rings is 1. The van der Waals surface area contributed by atoms with Gasteiger partial charge in [-0.25, -0.2) is 4.98 Å². The number of carbonyl (C=O) groups is 2. The fourth-order valence-corrected chi connectivity index (χ4v) is 1.43. The van der Waals surface area contributed by atoms with Crippen molar-refractivity contribution in [1.29, 1.82) is 0 Å². The summed E-state index contributed by atoms with van der Waals surface area (Å²) in [6.07, 6.45) is 1.59. The fraction of sp³-hybridized carbons (Fsp3) is 0.462. The van der Waals surface area contributed by atoms with E-state index in [0.29, 0.717) is 0 Å². The Hall–Kier alpha value is -2.11. The summed E-state index contributed by atoms with van der Waals surface area (Å²) in [6.45, 7) is 5.84. The number of rotatable bonds is 4. The van der Waals surface area contributed by atoms with Crippen LogP contribution in [0.25, 0.3) is 0 Å². The van der Waals surface area contributed by atoms with Crippen molar-refractivity contribution in [2.45, 2.75) is 32.7 Å². The van der Waals surface area contributed by atoms with Crippen LogP contribution in [-0.2, 0) is 4.79 Å². The lowest BCUT2D eigenvalue weighted by Crippen LogP contribution is -2.42. The van der Waals surface area contributed by atoms with Crippen molar-refractivity contribution in [3.63, 3.8) is 0 Å². The Morgan fingerprint density at radius 2 is 2.05 bits per heavy atom. The van der Waals surface area contributed by atoms with Gasteiger partial charge in [0.2, 0.25) is 5.91 Å². The van der Waals surface area contributed by atoms with Gasteiger partial charge in [-0.2, -0.15) is 0 Å². The summed E-state index contributed by atoms with van der Waals surface area (Å²) in [5.41, 5.74) is -0.334. The molecule has 0 bridgehead atoms. The largest absolute Gasteiger partial charge is 0.505 e. The predicted octanol–water partition coefficient (Wildman–Crippen LogP) is 0.822. The van der Waals surface area contributed by atoms with Gasteiger partial charge in [-0.1, -0.05) is 0 Å². The lowest BCUT2D eigenvalue weighted by Gasteiger charge is -2.20. The lowest BCUT2D eigenvalue weighted by atomic mass is 10.1. The van der Waals surface area contributed by atoms with Gasteiger partial charge in [0.25, 0.3) is 5.91 Å². The zero-order valence-corrected chi connectivity index (χ0v) is 11.4. The summed E-state index contributed by atoms with van der Waals surface area (Å²) in [5, 5.41) is 14.8. The topological polar surface area (TPSA) is 91.3 Å². The van der Waals surface area contributed by atoms with Crippen LogP contribution < -0.4 is 10.6 Å². The number of nitrogens with zero attached hydrogens (tertiary/aromatic N) is 1. The van der Waals surface area contributed by atoms with Crippen molar-refractivity contribution in [3.05, 3.63) is 24.0 Å². The van der Waals surface area contributed by atoms with E-state index in [-0.39, 0.29) is 35.9 Å². The molecule has 19 heavy (non-hydrogen) atoms. The summed E-state index contributed by atoms with van der Waals surface area (Å²) in [5.74, 6) is -0.821. The molecule has 0 aliphatic heterocycles. The molecule has 0 fully saturated rings. The Bertz CT molecular complexity index is 466. The second-order valence-electron chi connectivity index (χ2n) is 5.18. The summed E-state index contributed by atoms with van der Waals surface area (Å²) >= 11 is 0. The van der Waals surface area contributed by atoms with Crippen molar-refractivity contribution in [3.8, 4) is 5.75 Å². The quantitative estimate of drug-likeness (QED) is 0.751. The molecule has 0 saturated heterocycles. The second-order valence-corrected chi connectivity index (χ2v) is 5.18. The van der Waals surface area contributed by atoms with Crippen LogP contribution in [0, 0.1) is 0 Å². The van der Waals surface area contributed by atoms with Crippen molar-refractivity contribution in [1.82, 2.24) is 15.6 Å². The van der Waals surface area contributed by atoms with Crippen molar-refractivity contribution < 1.29 is 14.7 Å². The number of aromatic hydroxyl groups is 1. The molecule has 1 aromatic heterocycles. The van der Waals surface area contributed by atoms with E-state index in [2.05, 4.69) is 15.6 Å². The van der Waals surface area contributed by atoms with Crippen LogP contribution >= 0.6 is 0 Å². The van der Waals surface area contributed by atoms with E-state index in [4.69, 9.17) is 0 Å². The highest BCUT2D eigenvalue weighted by Gasteiger charge is 2.15. The highest BCUT2D eigenvalue weighted by atomic mass is 16.3. The first kappa shape index (κ1) is 14.9. The van der Waals surface area contributed by atoms with Gasteiger partial charge in [0.05, 0.1) is 0 Å². The average molecular weight is 265 g/mol. The molecule has 6 heteroatoms. The molecule has 0 aliphatic rings. The molecule has 0 unspecified atom stereocenters. The zero-order chi connectivity index (χ0) is 14.5. The van der Waals surface area contributed by atoms with E-state index in [9.17, 15) is 14.7 Å². The molecule has 0 saturated carbocycles. The predicted molar refractivity (Wildman–Crippen MR) is 70.7 cm³/mol. The van der Waals surface area contributed by atoms with Gasteiger partial charge >= 0.3 is 0 Å². The molecule has 1 rings (SSSR count). The molecule has 6 nitrogen and oxygen atoms in total. The lowest BCUT2D eigenvalue weighted by molar-refractivity contribution is -0.122. The molecular weight excluding hydrogens is 246 g/mol. The highest BCUT2D eigenvalue weighted by Crippen LogP contribution is 2.11. The molecule has 3 N–H and O–H groups in total. The molecule has 1 heterocycles. The average Bonchev–Trinajstić information content (AvgIpc) is 2.26. The van der Waals surface area contributed by atoms with Crippen molar-refractivity contribution in [2.75, 3.05) is 6.54 Å². The van der Waals surface area contributed by atoms with Gasteiger partial charge in [0.1, 0.15) is 5.75 Å². The molecule has 0 spiro atoms. The molecule has 104 valence electrons. The third-order valence-electron chi connectivity index (χ3n) is 2.15. The maximum Gasteiger partial charge on any atom is 0.273 e. The van der Waals surface area contributed by atoms with Crippen LogP contribution in [0.5, 0.6) is 5.75 Å². The smallest absolute Gasteiger partial charge is 0.273 e. The number of aromatic nitrogens is 1. The maximum atomic E-state index is 11.7. The normalized spacial score (nSPS) is 10.9. The van der Waals surface area contributed by atoms with Gasteiger partial charge in [-0.05, 0) is 32.9 Å². The molecule has 1 aromatic rings. The Balaban J connectivity index is 2.40. The first-order valence-electron chi connectivity index (χ1n) is 6.03. The Kier molecular flexibility index (Phi) is 4.86. The molecule has 0 aliphatic carbocycles. The third kappa shape index (κ3) is 5.37. The summed E-state index contributed by atoms with van der Waals surface area (Å²) in [4.78, 5) is 27.0. The Morgan fingerprint density at radius 3 is 2.63 bits per heavy atom. The summed E-state index contributed by atoms with van der Waals surface area (Å²) < 4.78 is 0. The Morgan fingerprint density at radius 1 is 1.37 bits per heavy atom. The number of carbonyl (C=O) groups excluding carboxylic acids is 2. The van der Waals surface area contributed by atoms with Crippen LogP contribution in [0.1, 0.15) is 37.7 Å². The van der Waals surface area contributed by atoms with Gasteiger partial charge in [0.15, 0.2) is 5.69 Å². The van der Waals surface area contributed by atoms with Crippen LogP contribution in [0.3, 0.4) is 0 Å². The minimum atomic E-state index is -0.498. The minimum Gasteiger partial charge on any atom is -0.505 e. The third-order valence-corrected chi connectivity index (χ3v) is 2.15. The first-order chi connectivity index (χ1) is 8.79. The van der Waals surface area contributed by atoms with E-state index in [1.165, 1.54) is 18.3 Å². The van der Waals surface area contributed by atoms with E-state index < -0.39 is 5.91 Å². The molecule has 0 radical (unpaired) electrons. The molecular formula is C13H19N3O3. The van der Waals surface area contributed by atoms with E-state index in [1.807, 2.05) is 20.8 Å². The Labute approximate surface area is 112 Å². The molecule has 0 aromatic carbocycles. The molecule has 2 amide bonds. The van der Waals surface area contributed by atoms with Gasteiger partial charge < -0.3 is 15.7 Å². The van der Waals surface area contributed by atoms with E-state index in [0.717, 1.165) is 0 Å².